The predicted octanol–water partition coefficient (Wildman–Crippen LogP) is 9.55. The van der Waals surface area contributed by atoms with Gasteiger partial charge in [0.2, 0.25) is 0 Å². The van der Waals surface area contributed by atoms with E-state index in [2.05, 4.69) is 124 Å². The number of fused-ring (bicyclic) bond motifs is 3. The molecule has 0 aliphatic heterocycles. The van der Waals surface area contributed by atoms with E-state index >= 15 is 0 Å². The Kier molecular flexibility index (Phi) is 5.57. The van der Waals surface area contributed by atoms with Crippen molar-refractivity contribution < 1.29 is 0 Å². The molecule has 33 heavy (non-hydrogen) atoms. The maximum absolute atomic E-state index is 2.57. The van der Waals surface area contributed by atoms with E-state index in [9.17, 15) is 0 Å². The van der Waals surface area contributed by atoms with Crippen molar-refractivity contribution in [3.63, 3.8) is 0 Å². The first-order valence-corrected chi connectivity index (χ1v) is 16.2. The highest BCUT2D eigenvalue weighted by Crippen LogP contribution is 2.57. The van der Waals surface area contributed by atoms with Gasteiger partial charge in [0.25, 0.3) is 0 Å². The summed E-state index contributed by atoms with van der Waals surface area (Å²) in [5.41, 5.74) is 10.8. The van der Waals surface area contributed by atoms with E-state index in [0.717, 1.165) is 6.42 Å². The molecule has 0 atom stereocenters. The molecule has 1 heteroatoms. The van der Waals surface area contributed by atoms with Crippen LogP contribution in [0.1, 0.15) is 90.0 Å². The van der Waals surface area contributed by atoms with Crippen molar-refractivity contribution in [3.05, 3.63) is 81.6 Å². The van der Waals surface area contributed by atoms with Gasteiger partial charge in [0.1, 0.15) is 0 Å². The molecule has 0 fully saturated rings. The third-order valence-corrected chi connectivity index (χ3v) is 10.1. The number of benzene rings is 2. The Hall–Kier alpha value is -1.86. The topological polar surface area (TPSA) is 0 Å². The second-order valence-corrected chi connectivity index (χ2v) is 19.1. The second-order valence-electron chi connectivity index (χ2n) is 14.0. The molecule has 2 aromatic rings. The first kappa shape index (κ1) is 24.3. The fraction of sp³-hybridized carbons (Fsp3) is 0.500. The van der Waals surface area contributed by atoms with E-state index in [1.54, 1.807) is 10.8 Å². The van der Waals surface area contributed by atoms with Crippen molar-refractivity contribution in [2.24, 2.45) is 5.41 Å². The van der Waals surface area contributed by atoms with Crippen molar-refractivity contribution in [3.8, 4) is 11.1 Å². The van der Waals surface area contributed by atoms with Gasteiger partial charge in [0.15, 0.2) is 0 Å². The molecule has 0 heterocycles. The normalized spacial score (nSPS) is 17.1. The van der Waals surface area contributed by atoms with Gasteiger partial charge >= 0.3 is 0 Å². The summed E-state index contributed by atoms with van der Waals surface area (Å²) in [7, 11) is -1.30. The van der Waals surface area contributed by atoms with Gasteiger partial charge in [-0.25, -0.2) is 0 Å². The first-order valence-electron chi connectivity index (χ1n) is 12.7. The fourth-order valence-electron chi connectivity index (χ4n) is 5.64. The van der Waals surface area contributed by atoms with Crippen molar-refractivity contribution in [1.82, 2.24) is 0 Å². The monoisotopic (exact) mass is 456 g/mol. The smallest absolute Gasteiger partial charge is 0.0771 e. The average molecular weight is 457 g/mol. The maximum Gasteiger partial charge on any atom is 0.0771 e. The molecule has 0 bridgehead atoms. The van der Waals surface area contributed by atoms with E-state index in [-0.39, 0.29) is 16.2 Å². The maximum atomic E-state index is 2.57. The Morgan fingerprint density at radius 1 is 0.697 bits per heavy atom. The Bertz CT molecular complexity index is 1090. The molecule has 0 spiro atoms. The zero-order chi connectivity index (χ0) is 24.6. The zero-order valence-electron chi connectivity index (χ0n) is 22.9. The van der Waals surface area contributed by atoms with Gasteiger partial charge < -0.3 is 0 Å². The van der Waals surface area contributed by atoms with Gasteiger partial charge in [0, 0.05) is 5.92 Å². The minimum absolute atomic E-state index is 0.0738. The lowest BCUT2D eigenvalue weighted by atomic mass is 9.68. The van der Waals surface area contributed by atoms with Crippen LogP contribution in [-0.2, 0) is 10.8 Å². The van der Waals surface area contributed by atoms with E-state index in [0.29, 0.717) is 5.92 Å². The molecule has 0 radical (unpaired) electrons. The van der Waals surface area contributed by atoms with Gasteiger partial charge in [-0.3, -0.25) is 0 Å². The highest BCUT2D eigenvalue weighted by molar-refractivity contribution is 6.83. The molecule has 0 unspecified atom stereocenters. The summed E-state index contributed by atoms with van der Waals surface area (Å²) in [6.07, 6.45) is 6.19. The Morgan fingerprint density at radius 2 is 1.15 bits per heavy atom. The zero-order valence-corrected chi connectivity index (χ0v) is 23.9. The van der Waals surface area contributed by atoms with Gasteiger partial charge in [-0.05, 0) is 56.0 Å². The summed E-state index contributed by atoms with van der Waals surface area (Å²) < 4.78 is 0. The van der Waals surface area contributed by atoms with E-state index in [4.69, 9.17) is 0 Å². The lowest BCUT2D eigenvalue weighted by molar-refractivity contribution is 0.388. The molecular weight excluding hydrogens is 412 g/mol. The third-order valence-electron chi connectivity index (χ3n) is 8.04. The summed E-state index contributed by atoms with van der Waals surface area (Å²) >= 11 is 0. The second kappa shape index (κ2) is 7.57. The fourth-order valence-corrected chi connectivity index (χ4v) is 6.96. The molecule has 0 saturated heterocycles. The van der Waals surface area contributed by atoms with Crippen LogP contribution in [0.3, 0.4) is 0 Å². The van der Waals surface area contributed by atoms with Gasteiger partial charge in [-0.1, -0.05) is 134 Å². The largest absolute Gasteiger partial charge is 0.0812 e. The van der Waals surface area contributed by atoms with Crippen LogP contribution in [-0.4, -0.2) is 8.07 Å². The van der Waals surface area contributed by atoms with Crippen LogP contribution in [0.4, 0.5) is 0 Å². The lowest BCUT2D eigenvalue weighted by Gasteiger charge is -2.35. The van der Waals surface area contributed by atoms with E-state index < -0.39 is 8.07 Å². The van der Waals surface area contributed by atoms with Gasteiger partial charge in [-0.2, -0.15) is 0 Å². The lowest BCUT2D eigenvalue weighted by Crippen LogP contribution is -2.25. The van der Waals surface area contributed by atoms with Crippen LogP contribution < -0.4 is 0 Å². The number of rotatable bonds is 3. The summed E-state index contributed by atoms with van der Waals surface area (Å²) in [5.74, 6) is 0.395. The van der Waals surface area contributed by atoms with Crippen LogP contribution >= 0.6 is 0 Å². The molecule has 0 saturated carbocycles. The third kappa shape index (κ3) is 4.23. The highest BCUT2D eigenvalue weighted by atomic mass is 28.3. The van der Waals surface area contributed by atoms with Crippen LogP contribution in [0.25, 0.3) is 11.1 Å². The average Bonchev–Trinajstić information content (AvgIpc) is 3.29. The van der Waals surface area contributed by atoms with Crippen molar-refractivity contribution in [2.75, 3.05) is 0 Å². The molecule has 2 aliphatic carbocycles. The Labute approximate surface area is 204 Å². The first-order chi connectivity index (χ1) is 15.0. The van der Waals surface area contributed by atoms with Crippen molar-refractivity contribution in [2.45, 2.75) is 98.2 Å². The summed E-state index contributed by atoms with van der Waals surface area (Å²) in [5, 5.41) is 1.62. The van der Waals surface area contributed by atoms with Crippen molar-refractivity contribution in [1.29, 1.82) is 0 Å². The van der Waals surface area contributed by atoms with Crippen LogP contribution in [0.2, 0.25) is 19.6 Å². The summed E-state index contributed by atoms with van der Waals surface area (Å²) in [6, 6.07) is 14.6. The van der Waals surface area contributed by atoms with Crippen molar-refractivity contribution >= 4 is 8.07 Å². The van der Waals surface area contributed by atoms with Gasteiger partial charge in [0.05, 0.1) is 8.07 Å². The molecule has 4 rings (SSSR count). The number of allylic oxidation sites excluding steroid dienone is 4. The van der Waals surface area contributed by atoms with Crippen LogP contribution in [0.5, 0.6) is 0 Å². The standard InChI is InChI=1S/C32H44Si/c1-30(2,3)21-13-16-25-27(19-21)28-20-22(31(4,5)6)14-17-26(28)29(25)32(7,8)23-12-15-24(18-23)33(9,10)11/h13-20,29H,12H2,1-11H3. The Morgan fingerprint density at radius 3 is 1.52 bits per heavy atom. The molecule has 0 aromatic heterocycles. The van der Waals surface area contributed by atoms with Crippen LogP contribution in [0.15, 0.2) is 59.3 Å². The minimum atomic E-state index is -1.30. The highest BCUT2D eigenvalue weighted by Gasteiger charge is 2.43. The van der Waals surface area contributed by atoms with E-state index in [1.165, 1.54) is 33.4 Å². The molecular formula is C32H44Si. The molecule has 176 valence electrons. The van der Waals surface area contributed by atoms with Gasteiger partial charge in [-0.15, -0.1) is 0 Å². The number of hydrogen-bond acceptors (Lipinski definition) is 0. The molecule has 2 aliphatic rings. The molecule has 0 amide bonds. The molecule has 2 aromatic carbocycles. The van der Waals surface area contributed by atoms with Crippen LogP contribution in [0, 0.1) is 5.41 Å². The molecule has 0 nitrogen and oxygen atoms in total. The SMILES string of the molecule is CC(C)(C)c1ccc2c(c1)-c1cc(C(C)(C)C)ccc1C2C(C)(C)C1=CC([Si](C)(C)C)=CC1. The van der Waals surface area contributed by atoms with E-state index in [1.807, 2.05) is 0 Å². The number of hydrogen-bond donors (Lipinski definition) is 0. The minimum Gasteiger partial charge on any atom is -0.0812 e. The summed E-state index contributed by atoms with van der Waals surface area (Å²) in [4.78, 5) is 0. The quantitative estimate of drug-likeness (QED) is 0.403. The predicted molar refractivity (Wildman–Crippen MR) is 149 cm³/mol. The summed E-state index contributed by atoms with van der Waals surface area (Å²) in [6.45, 7) is 26.3. The Balaban J connectivity index is 1.90. The molecule has 0 N–H and O–H groups in total.